The Hall–Kier alpha value is -3.55. The monoisotopic (exact) mass is 436 g/mol. The van der Waals surface area contributed by atoms with Crippen LogP contribution in [0.4, 0.5) is 10.2 Å². The van der Waals surface area contributed by atoms with Crippen LogP contribution in [0.2, 0.25) is 0 Å². The van der Waals surface area contributed by atoms with Crippen molar-refractivity contribution < 1.29 is 18.4 Å². The fraction of sp³-hybridized carbons (Fsp3) is 0.333. The molecule has 3 aromatic rings. The lowest BCUT2D eigenvalue weighted by atomic mass is 9.95. The molecular weight excluding hydrogens is 411 g/mol. The Morgan fingerprint density at radius 1 is 1.16 bits per heavy atom. The predicted molar refractivity (Wildman–Crippen MR) is 117 cm³/mol. The summed E-state index contributed by atoms with van der Waals surface area (Å²) in [6.07, 6.45) is 5.17. The minimum atomic E-state index is -0.313. The largest absolute Gasteiger partial charge is 0.441 e. The van der Waals surface area contributed by atoms with E-state index < -0.39 is 0 Å². The van der Waals surface area contributed by atoms with Gasteiger partial charge in [0.1, 0.15) is 11.6 Å². The fourth-order valence-electron chi connectivity index (χ4n) is 3.77. The highest BCUT2D eigenvalue weighted by molar-refractivity contribution is 5.92. The van der Waals surface area contributed by atoms with Crippen LogP contribution in [0.3, 0.4) is 0 Å². The number of amides is 2. The predicted octanol–water partition coefficient (Wildman–Crippen LogP) is 3.99. The summed E-state index contributed by atoms with van der Waals surface area (Å²) in [6.45, 7) is 3.04. The lowest BCUT2D eigenvalue weighted by Crippen LogP contribution is -2.41. The number of oxazole rings is 1. The molecule has 0 unspecified atom stereocenters. The Morgan fingerprint density at radius 3 is 2.62 bits per heavy atom. The lowest BCUT2D eigenvalue weighted by Gasteiger charge is -2.31. The number of carbonyl (C=O) groups is 2. The van der Waals surface area contributed by atoms with Gasteiger partial charge in [-0.3, -0.25) is 9.59 Å². The first kappa shape index (κ1) is 21.7. The summed E-state index contributed by atoms with van der Waals surface area (Å²) >= 11 is 0. The highest BCUT2D eigenvalue weighted by Gasteiger charge is 2.27. The maximum Gasteiger partial charge on any atom is 0.228 e. The molecule has 166 valence electrons. The molecule has 0 atom stereocenters. The second kappa shape index (κ2) is 9.72. The third-order valence-corrected chi connectivity index (χ3v) is 5.62. The summed E-state index contributed by atoms with van der Waals surface area (Å²) < 4.78 is 18.8. The van der Waals surface area contributed by atoms with Gasteiger partial charge in [0.25, 0.3) is 0 Å². The van der Waals surface area contributed by atoms with Crippen LogP contribution in [0.15, 0.2) is 53.2 Å². The van der Waals surface area contributed by atoms with Crippen molar-refractivity contribution in [3.63, 3.8) is 0 Å². The van der Waals surface area contributed by atoms with Gasteiger partial charge in [0, 0.05) is 43.6 Å². The molecule has 0 spiro atoms. The Bertz CT molecular complexity index is 1090. The minimum Gasteiger partial charge on any atom is -0.441 e. The first-order valence-electron chi connectivity index (χ1n) is 10.7. The molecule has 0 saturated carbocycles. The number of hydrogen-bond donors (Lipinski definition) is 1. The van der Waals surface area contributed by atoms with Crippen LogP contribution in [0, 0.1) is 18.7 Å². The van der Waals surface area contributed by atoms with Gasteiger partial charge in [-0.25, -0.2) is 14.4 Å². The van der Waals surface area contributed by atoms with E-state index in [2.05, 4.69) is 15.3 Å². The van der Waals surface area contributed by atoms with E-state index in [1.807, 2.05) is 19.1 Å². The number of aryl methyl sites for hydroxylation is 2. The van der Waals surface area contributed by atoms with Gasteiger partial charge in [-0.05, 0) is 61.7 Å². The van der Waals surface area contributed by atoms with E-state index >= 15 is 0 Å². The standard InChI is InChI=1S/C24H25FN4O3/c1-16-8-11-26-21(14-16)28-24(31)18-9-12-29(13-10-18)23(30)7-6-22-27-15-20(32-22)17-2-4-19(25)5-3-17/h2-5,8,11,14-15,18H,6-7,9-10,12-13H2,1H3,(H,26,28,31). The molecule has 1 saturated heterocycles. The maximum atomic E-state index is 13.1. The molecule has 2 aromatic heterocycles. The number of rotatable bonds is 6. The number of likely N-dealkylation sites (tertiary alicyclic amines) is 1. The molecule has 1 aromatic carbocycles. The Morgan fingerprint density at radius 2 is 1.91 bits per heavy atom. The fourth-order valence-corrected chi connectivity index (χ4v) is 3.77. The van der Waals surface area contributed by atoms with Crippen LogP contribution in [0.1, 0.15) is 30.7 Å². The SMILES string of the molecule is Cc1ccnc(NC(=O)C2CCN(C(=O)CCc3ncc(-c4ccc(F)cc4)o3)CC2)c1. The van der Waals surface area contributed by atoms with Gasteiger partial charge in [0.15, 0.2) is 11.7 Å². The Balaban J connectivity index is 1.23. The van der Waals surface area contributed by atoms with Crippen molar-refractivity contribution in [2.75, 3.05) is 18.4 Å². The van der Waals surface area contributed by atoms with Crippen LogP contribution < -0.4 is 5.32 Å². The number of carbonyl (C=O) groups excluding carboxylic acids is 2. The first-order valence-corrected chi connectivity index (χ1v) is 10.7. The molecule has 1 aliphatic rings. The highest BCUT2D eigenvalue weighted by atomic mass is 19.1. The summed E-state index contributed by atoms with van der Waals surface area (Å²) in [7, 11) is 0. The third kappa shape index (κ3) is 5.38. The number of nitrogens with zero attached hydrogens (tertiary/aromatic N) is 3. The molecule has 2 amide bonds. The van der Waals surface area contributed by atoms with Gasteiger partial charge in [0.05, 0.1) is 6.20 Å². The molecule has 1 fully saturated rings. The maximum absolute atomic E-state index is 13.1. The van der Waals surface area contributed by atoms with Gasteiger partial charge >= 0.3 is 0 Å². The number of anilines is 1. The summed E-state index contributed by atoms with van der Waals surface area (Å²) in [5.41, 5.74) is 1.77. The molecule has 7 nitrogen and oxygen atoms in total. The number of aromatic nitrogens is 2. The summed E-state index contributed by atoms with van der Waals surface area (Å²) in [6, 6.07) is 9.69. The number of pyridine rings is 1. The molecule has 4 rings (SSSR count). The van der Waals surface area contributed by atoms with E-state index in [-0.39, 0.29) is 30.0 Å². The van der Waals surface area contributed by atoms with Crippen LogP contribution >= 0.6 is 0 Å². The molecule has 0 aliphatic carbocycles. The van der Waals surface area contributed by atoms with E-state index in [0.29, 0.717) is 49.8 Å². The molecule has 1 N–H and O–H groups in total. The molecule has 3 heterocycles. The van der Waals surface area contributed by atoms with Gasteiger partial charge < -0.3 is 14.6 Å². The quantitative estimate of drug-likeness (QED) is 0.631. The van der Waals surface area contributed by atoms with Crippen molar-refractivity contribution in [2.45, 2.75) is 32.6 Å². The van der Waals surface area contributed by atoms with Crippen LogP contribution in [0.25, 0.3) is 11.3 Å². The number of hydrogen-bond acceptors (Lipinski definition) is 5. The number of benzene rings is 1. The van der Waals surface area contributed by atoms with Gasteiger partial charge in [-0.1, -0.05) is 0 Å². The van der Waals surface area contributed by atoms with Gasteiger partial charge in [-0.15, -0.1) is 0 Å². The van der Waals surface area contributed by atoms with Crippen LogP contribution in [-0.4, -0.2) is 39.8 Å². The van der Waals surface area contributed by atoms with Gasteiger partial charge in [0.2, 0.25) is 11.8 Å². The molecule has 0 radical (unpaired) electrons. The number of nitrogens with one attached hydrogen (secondary N) is 1. The molecular formula is C24H25FN4O3. The summed E-state index contributed by atoms with van der Waals surface area (Å²) in [4.78, 5) is 35.3. The van der Waals surface area contributed by atoms with Crippen LogP contribution in [0.5, 0.6) is 0 Å². The van der Waals surface area contributed by atoms with Crippen molar-refractivity contribution in [3.8, 4) is 11.3 Å². The van der Waals surface area contributed by atoms with Crippen molar-refractivity contribution >= 4 is 17.6 Å². The van der Waals surface area contributed by atoms with E-state index in [0.717, 1.165) is 11.1 Å². The average Bonchev–Trinajstić information content (AvgIpc) is 3.27. The van der Waals surface area contributed by atoms with E-state index in [9.17, 15) is 14.0 Å². The number of halogens is 1. The zero-order valence-electron chi connectivity index (χ0n) is 17.9. The summed E-state index contributed by atoms with van der Waals surface area (Å²) in [5, 5.41) is 2.87. The lowest BCUT2D eigenvalue weighted by molar-refractivity contribution is -0.134. The first-order chi connectivity index (χ1) is 15.5. The van der Waals surface area contributed by atoms with Gasteiger partial charge in [-0.2, -0.15) is 0 Å². The second-order valence-corrected chi connectivity index (χ2v) is 7.99. The Kier molecular flexibility index (Phi) is 6.58. The topological polar surface area (TPSA) is 88.3 Å². The third-order valence-electron chi connectivity index (χ3n) is 5.62. The average molecular weight is 436 g/mol. The van der Waals surface area contributed by atoms with Crippen molar-refractivity contribution in [1.29, 1.82) is 0 Å². The second-order valence-electron chi connectivity index (χ2n) is 7.99. The molecule has 0 bridgehead atoms. The Labute approximate surface area is 185 Å². The highest BCUT2D eigenvalue weighted by Crippen LogP contribution is 2.23. The van der Waals surface area contributed by atoms with E-state index in [1.54, 1.807) is 29.4 Å². The normalized spacial score (nSPS) is 14.4. The zero-order valence-corrected chi connectivity index (χ0v) is 17.9. The summed E-state index contributed by atoms with van der Waals surface area (Å²) in [5.74, 6) is 1.09. The minimum absolute atomic E-state index is 0.0192. The zero-order chi connectivity index (χ0) is 22.5. The number of piperidine rings is 1. The molecule has 1 aliphatic heterocycles. The van der Waals surface area contributed by atoms with Crippen molar-refractivity contribution in [2.24, 2.45) is 5.92 Å². The molecule has 8 heteroatoms. The molecule has 32 heavy (non-hydrogen) atoms. The smallest absolute Gasteiger partial charge is 0.228 e. The van der Waals surface area contributed by atoms with E-state index in [4.69, 9.17) is 4.42 Å². The van der Waals surface area contributed by atoms with Crippen molar-refractivity contribution in [1.82, 2.24) is 14.9 Å². The van der Waals surface area contributed by atoms with E-state index in [1.165, 1.54) is 12.1 Å². The van der Waals surface area contributed by atoms with Crippen LogP contribution in [-0.2, 0) is 16.0 Å². The van der Waals surface area contributed by atoms with Crippen molar-refractivity contribution in [3.05, 3.63) is 66.1 Å².